The maximum Gasteiger partial charge on any atom is 0.341 e. The minimum absolute atomic E-state index is 0.00851. The standard InChI is InChI=1S/C21H26N2O5S2/c1-4-28-21(25)18-16-8-6-7-9-17(16)29-20(18)22-19(24)14-10-12-15(13-11-14)23(3)30(26,27)5-2/h10-13H,4-9H2,1-3H3,(H,22,24). The number of esters is 1. The molecule has 162 valence electrons. The van der Waals surface area contributed by atoms with Crippen LogP contribution in [-0.4, -0.2) is 39.7 Å². The summed E-state index contributed by atoms with van der Waals surface area (Å²) >= 11 is 1.43. The number of carbonyl (C=O) groups excluding carboxylic acids is 2. The molecule has 1 aliphatic carbocycles. The summed E-state index contributed by atoms with van der Waals surface area (Å²) < 4.78 is 30.4. The van der Waals surface area contributed by atoms with Crippen LogP contribution in [0.5, 0.6) is 0 Å². The lowest BCUT2D eigenvalue weighted by molar-refractivity contribution is 0.0526. The van der Waals surface area contributed by atoms with E-state index in [0.717, 1.165) is 36.1 Å². The van der Waals surface area contributed by atoms with E-state index < -0.39 is 16.0 Å². The van der Waals surface area contributed by atoms with Crippen molar-refractivity contribution in [1.29, 1.82) is 0 Å². The van der Waals surface area contributed by atoms with Gasteiger partial charge in [0.1, 0.15) is 5.00 Å². The molecule has 1 aromatic heterocycles. The summed E-state index contributed by atoms with van der Waals surface area (Å²) in [5.74, 6) is -0.772. The van der Waals surface area contributed by atoms with E-state index in [2.05, 4.69) is 5.32 Å². The van der Waals surface area contributed by atoms with Crippen LogP contribution in [0.4, 0.5) is 10.7 Å². The van der Waals surface area contributed by atoms with E-state index in [1.807, 2.05) is 0 Å². The summed E-state index contributed by atoms with van der Waals surface area (Å²) in [6.07, 6.45) is 3.79. The Bertz CT molecular complexity index is 1040. The molecule has 1 heterocycles. The molecule has 0 aliphatic heterocycles. The predicted molar refractivity (Wildman–Crippen MR) is 119 cm³/mol. The summed E-state index contributed by atoms with van der Waals surface area (Å²) in [7, 11) is -1.89. The number of rotatable bonds is 7. The van der Waals surface area contributed by atoms with Crippen molar-refractivity contribution in [2.24, 2.45) is 0 Å². The van der Waals surface area contributed by atoms with E-state index in [1.54, 1.807) is 38.1 Å². The van der Waals surface area contributed by atoms with Crippen LogP contribution in [0.15, 0.2) is 24.3 Å². The van der Waals surface area contributed by atoms with Gasteiger partial charge in [-0.25, -0.2) is 13.2 Å². The fraction of sp³-hybridized carbons (Fsp3) is 0.429. The Morgan fingerprint density at radius 1 is 1.13 bits per heavy atom. The van der Waals surface area contributed by atoms with Crippen LogP contribution in [0.3, 0.4) is 0 Å². The molecule has 0 bridgehead atoms. The molecule has 1 aromatic carbocycles. The zero-order chi connectivity index (χ0) is 21.9. The van der Waals surface area contributed by atoms with E-state index in [4.69, 9.17) is 4.74 Å². The number of nitrogens with zero attached hydrogens (tertiary/aromatic N) is 1. The van der Waals surface area contributed by atoms with Crippen LogP contribution < -0.4 is 9.62 Å². The van der Waals surface area contributed by atoms with Crippen molar-refractivity contribution < 1.29 is 22.7 Å². The second-order valence-electron chi connectivity index (χ2n) is 7.00. The molecule has 0 radical (unpaired) electrons. The third-order valence-corrected chi connectivity index (χ3v) is 8.14. The maximum atomic E-state index is 12.8. The van der Waals surface area contributed by atoms with Crippen LogP contribution in [0, 0.1) is 0 Å². The van der Waals surface area contributed by atoms with Crippen molar-refractivity contribution >= 4 is 43.9 Å². The zero-order valence-electron chi connectivity index (χ0n) is 17.4. The lowest BCUT2D eigenvalue weighted by atomic mass is 9.95. The Hall–Kier alpha value is -2.39. The Kier molecular flexibility index (Phi) is 6.82. The topological polar surface area (TPSA) is 92.8 Å². The van der Waals surface area contributed by atoms with Gasteiger partial charge in [-0.3, -0.25) is 9.10 Å². The smallest absolute Gasteiger partial charge is 0.341 e. The zero-order valence-corrected chi connectivity index (χ0v) is 19.0. The lowest BCUT2D eigenvalue weighted by Crippen LogP contribution is -2.28. The van der Waals surface area contributed by atoms with Crippen LogP contribution in [0.1, 0.15) is 57.8 Å². The number of fused-ring (bicyclic) bond motifs is 1. The van der Waals surface area contributed by atoms with E-state index in [1.165, 1.54) is 22.7 Å². The molecule has 1 N–H and O–H groups in total. The molecular formula is C21H26N2O5S2. The molecule has 0 fully saturated rings. The van der Waals surface area contributed by atoms with Crippen molar-refractivity contribution in [2.45, 2.75) is 39.5 Å². The number of sulfonamides is 1. The van der Waals surface area contributed by atoms with Crippen LogP contribution in [0.25, 0.3) is 0 Å². The number of anilines is 2. The number of hydrogen-bond acceptors (Lipinski definition) is 6. The number of aryl methyl sites for hydroxylation is 1. The summed E-state index contributed by atoms with van der Waals surface area (Å²) in [6, 6.07) is 6.33. The first-order chi connectivity index (χ1) is 14.3. The van der Waals surface area contributed by atoms with Gasteiger partial charge in [-0.1, -0.05) is 0 Å². The van der Waals surface area contributed by atoms with Crippen molar-refractivity contribution in [2.75, 3.05) is 29.0 Å². The summed E-state index contributed by atoms with van der Waals surface area (Å²) in [6.45, 7) is 3.61. The first-order valence-corrected chi connectivity index (χ1v) is 12.4. The molecule has 0 unspecified atom stereocenters. The van der Waals surface area contributed by atoms with Gasteiger partial charge in [0.05, 0.1) is 23.6 Å². The highest BCUT2D eigenvalue weighted by Gasteiger charge is 2.27. The molecule has 9 heteroatoms. The summed E-state index contributed by atoms with van der Waals surface area (Å²) in [5.41, 5.74) is 2.31. The molecule has 3 rings (SSSR count). The van der Waals surface area contributed by atoms with Gasteiger partial charge in [0, 0.05) is 17.5 Å². The number of benzene rings is 1. The van der Waals surface area contributed by atoms with E-state index in [-0.39, 0.29) is 18.3 Å². The molecule has 1 aliphatic rings. The Morgan fingerprint density at radius 3 is 2.43 bits per heavy atom. The molecule has 0 saturated carbocycles. The fourth-order valence-corrected chi connectivity index (χ4v) is 5.53. The number of hydrogen-bond donors (Lipinski definition) is 1. The number of nitrogens with one attached hydrogen (secondary N) is 1. The van der Waals surface area contributed by atoms with Gasteiger partial charge in [0.2, 0.25) is 10.0 Å². The predicted octanol–water partition coefficient (Wildman–Crippen LogP) is 3.84. The van der Waals surface area contributed by atoms with Crippen LogP contribution in [-0.2, 0) is 27.6 Å². The second-order valence-corrected chi connectivity index (χ2v) is 10.4. The van der Waals surface area contributed by atoms with Gasteiger partial charge < -0.3 is 10.1 Å². The highest BCUT2D eigenvalue weighted by Crippen LogP contribution is 2.38. The molecule has 0 spiro atoms. The largest absolute Gasteiger partial charge is 0.462 e. The number of carbonyl (C=O) groups is 2. The van der Waals surface area contributed by atoms with Gasteiger partial charge in [-0.05, 0) is 69.4 Å². The quantitative estimate of drug-likeness (QED) is 0.647. The van der Waals surface area contributed by atoms with Crippen molar-refractivity contribution in [3.63, 3.8) is 0 Å². The second kappa shape index (κ2) is 9.18. The van der Waals surface area contributed by atoms with E-state index in [0.29, 0.717) is 21.8 Å². The highest BCUT2D eigenvalue weighted by atomic mass is 32.2. The Labute approximate surface area is 181 Å². The molecule has 0 atom stereocenters. The number of ether oxygens (including phenoxy) is 1. The van der Waals surface area contributed by atoms with Gasteiger partial charge in [-0.15, -0.1) is 11.3 Å². The summed E-state index contributed by atoms with van der Waals surface area (Å²) in [4.78, 5) is 26.5. The van der Waals surface area contributed by atoms with Crippen molar-refractivity contribution in [1.82, 2.24) is 0 Å². The first kappa shape index (κ1) is 22.3. The van der Waals surface area contributed by atoms with Gasteiger partial charge >= 0.3 is 5.97 Å². The number of amides is 1. The minimum Gasteiger partial charge on any atom is -0.462 e. The SMILES string of the molecule is CCOC(=O)c1c(NC(=O)c2ccc(N(C)S(=O)(=O)CC)cc2)sc2c1CCCC2. The fourth-order valence-electron chi connectivity index (χ4n) is 3.43. The molecule has 1 amide bonds. The average Bonchev–Trinajstić information content (AvgIpc) is 3.11. The highest BCUT2D eigenvalue weighted by molar-refractivity contribution is 7.92. The first-order valence-electron chi connectivity index (χ1n) is 9.98. The van der Waals surface area contributed by atoms with E-state index in [9.17, 15) is 18.0 Å². The molecule has 7 nitrogen and oxygen atoms in total. The van der Waals surface area contributed by atoms with Crippen molar-refractivity contribution in [3.8, 4) is 0 Å². The Morgan fingerprint density at radius 2 is 1.80 bits per heavy atom. The molecule has 0 saturated heterocycles. The normalized spacial score (nSPS) is 13.4. The molecular weight excluding hydrogens is 424 g/mol. The van der Waals surface area contributed by atoms with E-state index >= 15 is 0 Å². The molecule has 2 aromatic rings. The lowest BCUT2D eigenvalue weighted by Gasteiger charge is -2.18. The van der Waals surface area contributed by atoms with Crippen LogP contribution >= 0.6 is 11.3 Å². The van der Waals surface area contributed by atoms with Crippen molar-refractivity contribution in [3.05, 3.63) is 45.8 Å². The monoisotopic (exact) mass is 450 g/mol. The maximum absolute atomic E-state index is 12.8. The van der Waals surface area contributed by atoms with Gasteiger partial charge in [-0.2, -0.15) is 0 Å². The third-order valence-electron chi connectivity index (χ3n) is 5.15. The number of thiophene rings is 1. The van der Waals surface area contributed by atoms with Gasteiger partial charge in [0.25, 0.3) is 5.91 Å². The minimum atomic E-state index is -3.37. The third kappa shape index (κ3) is 4.52. The molecule has 30 heavy (non-hydrogen) atoms. The average molecular weight is 451 g/mol. The summed E-state index contributed by atoms with van der Waals surface area (Å²) in [5, 5.41) is 3.37. The Balaban J connectivity index is 1.84. The van der Waals surface area contributed by atoms with Gasteiger partial charge in [0.15, 0.2) is 0 Å². The van der Waals surface area contributed by atoms with Crippen LogP contribution in [0.2, 0.25) is 0 Å².